The van der Waals surface area contributed by atoms with E-state index in [9.17, 15) is 33.9 Å². The number of carbonyl (C=O) groups is 6. The number of rotatable bonds is 18. The first-order valence-corrected chi connectivity index (χ1v) is 11.9. The Morgan fingerprint density at radius 1 is 0.824 bits per heavy atom. The summed E-state index contributed by atoms with van der Waals surface area (Å²) in [6.07, 6.45) is 1.61. The van der Waals surface area contributed by atoms with Crippen LogP contribution in [0.5, 0.6) is 0 Å². The van der Waals surface area contributed by atoms with E-state index < -0.39 is 72.6 Å². The molecule has 0 saturated heterocycles. The molecule has 15 heteroatoms. The molecule has 0 bridgehead atoms. The number of carbonyl (C=O) groups excluding carboxylic acids is 4. The van der Waals surface area contributed by atoms with Crippen molar-refractivity contribution in [1.29, 1.82) is 0 Å². The zero-order chi connectivity index (χ0) is 26.3. The van der Waals surface area contributed by atoms with E-state index in [2.05, 4.69) is 16.0 Å². The van der Waals surface area contributed by atoms with E-state index in [-0.39, 0.29) is 12.8 Å². The minimum Gasteiger partial charge on any atom is -0.481 e. The summed E-state index contributed by atoms with van der Waals surface area (Å²) in [6, 6.07) is -5.40. The molecule has 4 unspecified atom stereocenters. The van der Waals surface area contributed by atoms with Gasteiger partial charge in [0.15, 0.2) is 0 Å². The fourth-order valence-electron chi connectivity index (χ4n) is 2.77. The zero-order valence-corrected chi connectivity index (χ0v) is 19.8. The van der Waals surface area contributed by atoms with Crippen LogP contribution in [-0.4, -0.2) is 88.5 Å². The average molecular weight is 507 g/mol. The number of hydrogen-bond donors (Lipinski definition) is 8. The predicted molar refractivity (Wildman–Crippen MR) is 123 cm³/mol. The Balaban J connectivity index is 5.44. The van der Waals surface area contributed by atoms with Crippen molar-refractivity contribution < 1.29 is 39.0 Å². The highest BCUT2D eigenvalue weighted by atomic mass is 32.2. The van der Waals surface area contributed by atoms with Gasteiger partial charge < -0.3 is 43.4 Å². The number of primary amides is 1. The van der Waals surface area contributed by atoms with Crippen molar-refractivity contribution in [2.75, 3.05) is 18.6 Å². The lowest BCUT2D eigenvalue weighted by Crippen LogP contribution is -2.57. The van der Waals surface area contributed by atoms with Crippen LogP contribution in [0.1, 0.15) is 38.5 Å². The zero-order valence-electron chi connectivity index (χ0n) is 19.0. The molecule has 0 aromatic rings. The van der Waals surface area contributed by atoms with Gasteiger partial charge in [-0.3, -0.25) is 24.0 Å². The van der Waals surface area contributed by atoms with Crippen LogP contribution in [0, 0.1) is 0 Å². The number of carboxylic acids is 2. The number of nitrogens with one attached hydrogen (secondary N) is 3. The summed E-state index contributed by atoms with van der Waals surface area (Å²) in [4.78, 5) is 71.3. The molecular weight excluding hydrogens is 472 g/mol. The van der Waals surface area contributed by atoms with Gasteiger partial charge in [-0.1, -0.05) is 0 Å². The van der Waals surface area contributed by atoms with E-state index in [1.165, 1.54) is 11.8 Å². The third-order valence-electron chi connectivity index (χ3n) is 4.57. The van der Waals surface area contributed by atoms with Gasteiger partial charge in [0, 0.05) is 0 Å². The number of carboxylic acid groups (broad SMARTS) is 2. The smallest absolute Gasteiger partial charge is 0.326 e. The van der Waals surface area contributed by atoms with E-state index in [4.69, 9.17) is 22.3 Å². The van der Waals surface area contributed by atoms with Gasteiger partial charge in [-0.05, 0) is 44.2 Å². The number of amides is 4. The van der Waals surface area contributed by atoms with Crippen molar-refractivity contribution in [3.63, 3.8) is 0 Å². The normalized spacial score (nSPS) is 14.2. The fraction of sp³-hybridized carbons (Fsp3) is 0.684. The van der Waals surface area contributed by atoms with Gasteiger partial charge in [0.25, 0.3) is 0 Å². The van der Waals surface area contributed by atoms with E-state index in [1.54, 1.807) is 6.26 Å². The molecule has 11 N–H and O–H groups in total. The van der Waals surface area contributed by atoms with Crippen LogP contribution in [0.25, 0.3) is 0 Å². The average Bonchev–Trinajstić information content (AvgIpc) is 2.74. The SMILES string of the molecule is CSCCC(NC(=O)C(N)CC(N)=O)C(=O)NC(CC(=O)O)C(=O)NC(CCCCN)C(=O)O. The second-order valence-electron chi connectivity index (χ2n) is 7.46. The molecule has 0 aliphatic carbocycles. The molecule has 0 spiro atoms. The van der Waals surface area contributed by atoms with Crippen molar-refractivity contribution in [2.45, 2.75) is 62.7 Å². The van der Waals surface area contributed by atoms with Gasteiger partial charge >= 0.3 is 11.9 Å². The highest BCUT2D eigenvalue weighted by molar-refractivity contribution is 7.98. The lowest BCUT2D eigenvalue weighted by Gasteiger charge is -2.24. The fourth-order valence-corrected chi connectivity index (χ4v) is 3.24. The van der Waals surface area contributed by atoms with Crippen molar-refractivity contribution >= 4 is 47.3 Å². The summed E-state index contributed by atoms with van der Waals surface area (Å²) in [6.45, 7) is 0.338. The third kappa shape index (κ3) is 13.0. The summed E-state index contributed by atoms with van der Waals surface area (Å²) < 4.78 is 0. The lowest BCUT2D eigenvalue weighted by molar-refractivity contribution is -0.143. The first-order chi connectivity index (χ1) is 15.9. The predicted octanol–water partition coefficient (Wildman–Crippen LogP) is -2.92. The summed E-state index contributed by atoms with van der Waals surface area (Å²) in [5.41, 5.74) is 16.0. The van der Waals surface area contributed by atoms with Crippen molar-refractivity contribution in [3.8, 4) is 0 Å². The van der Waals surface area contributed by atoms with Gasteiger partial charge in [-0.25, -0.2) is 4.79 Å². The van der Waals surface area contributed by atoms with Crippen molar-refractivity contribution in [3.05, 3.63) is 0 Å². The number of hydrogen-bond acceptors (Lipinski definition) is 9. The third-order valence-corrected chi connectivity index (χ3v) is 5.22. The minimum atomic E-state index is -1.60. The van der Waals surface area contributed by atoms with E-state index in [0.717, 1.165) is 0 Å². The number of nitrogens with two attached hydrogens (primary N) is 3. The summed E-state index contributed by atoms with van der Waals surface area (Å²) in [5, 5.41) is 25.3. The molecule has 4 atom stereocenters. The van der Waals surface area contributed by atoms with Gasteiger partial charge in [0.2, 0.25) is 23.6 Å². The monoisotopic (exact) mass is 506 g/mol. The first-order valence-electron chi connectivity index (χ1n) is 10.5. The van der Waals surface area contributed by atoms with E-state index in [1.807, 2.05) is 0 Å². The summed E-state index contributed by atoms with van der Waals surface area (Å²) in [7, 11) is 0. The van der Waals surface area contributed by atoms with Crippen LogP contribution in [0.3, 0.4) is 0 Å². The van der Waals surface area contributed by atoms with Gasteiger partial charge in [0.05, 0.1) is 18.9 Å². The molecule has 0 fully saturated rings. The summed E-state index contributed by atoms with van der Waals surface area (Å²) in [5.74, 6) is -5.83. The van der Waals surface area contributed by atoms with Crippen molar-refractivity contribution in [1.82, 2.24) is 16.0 Å². The number of thioether (sulfide) groups is 1. The van der Waals surface area contributed by atoms with E-state index >= 15 is 0 Å². The van der Waals surface area contributed by atoms with Crippen LogP contribution in [0.4, 0.5) is 0 Å². The maximum atomic E-state index is 12.8. The second kappa shape index (κ2) is 16.7. The maximum absolute atomic E-state index is 12.8. The van der Waals surface area contributed by atoms with Crippen molar-refractivity contribution in [2.24, 2.45) is 17.2 Å². The molecule has 0 aromatic heterocycles. The van der Waals surface area contributed by atoms with Crippen LogP contribution >= 0.6 is 11.8 Å². The standard InChI is InChI=1S/C19H34N6O8S/c1-34-7-5-11(23-16(29)10(21)8-14(22)26)17(30)25-13(9-15(27)28)18(31)24-12(19(32)33)4-2-3-6-20/h10-13H,2-9,20-21H2,1H3,(H2,22,26)(H,23,29)(H,24,31)(H,25,30)(H,27,28)(H,32,33). The molecule has 34 heavy (non-hydrogen) atoms. The Morgan fingerprint density at radius 2 is 1.38 bits per heavy atom. The molecule has 0 aliphatic heterocycles. The number of aliphatic carboxylic acids is 2. The van der Waals surface area contributed by atoms with Gasteiger partial charge in [-0.15, -0.1) is 0 Å². The molecule has 0 aromatic carbocycles. The van der Waals surface area contributed by atoms with E-state index in [0.29, 0.717) is 25.1 Å². The van der Waals surface area contributed by atoms with Gasteiger partial charge in [0.1, 0.15) is 18.1 Å². The van der Waals surface area contributed by atoms with Gasteiger partial charge in [-0.2, -0.15) is 11.8 Å². The molecule has 0 aliphatic rings. The Bertz CT molecular complexity index is 738. The quantitative estimate of drug-likeness (QED) is 0.0873. The second-order valence-corrected chi connectivity index (χ2v) is 8.45. The van der Waals surface area contributed by atoms with Crippen LogP contribution in [-0.2, 0) is 28.8 Å². The topological polar surface area (TPSA) is 257 Å². The molecule has 14 nitrogen and oxygen atoms in total. The Morgan fingerprint density at radius 3 is 1.88 bits per heavy atom. The van der Waals surface area contributed by atoms with Crippen LogP contribution < -0.4 is 33.2 Å². The summed E-state index contributed by atoms with van der Waals surface area (Å²) >= 11 is 1.37. The molecule has 194 valence electrons. The molecule has 4 amide bonds. The Labute approximate surface area is 201 Å². The Kier molecular flexibility index (Phi) is 15.2. The molecule has 0 heterocycles. The highest BCUT2D eigenvalue weighted by Gasteiger charge is 2.31. The molecule has 0 radical (unpaired) electrons. The Hall–Kier alpha value is -2.91. The first kappa shape index (κ1) is 31.1. The molecule has 0 rings (SSSR count). The highest BCUT2D eigenvalue weighted by Crippen LogP contribution is 2.06. The number of unbranched alkanes of at least 4 members (excludes halogenated alkanes) is 1. The lowest BCUT2D eigenvalue weighted by atomic mass is 10.1. The molecule has 0 saturated carbocycles. The molecular formula is C19H34N6O8S. The minimum absolute atomic E-state index is 0.0656. The maximum Gasteiger partial charge on any atom is 0.326 e. The largest absolute Gasteiger partial charge is 0.481 e. The van der Waals surface area contributed by atoms with Crippen LogP contribution in [0.15, 0.2) is 0 Å². The van der Waals surface area contributed by atoms with Crippen LogP contribution in [0.2, 0.25) is 0 Å².